The number of hydrogen-bond donors (Lipinski definition) is 0. The molecule has 106 valence electrons. The molecule has 0 bridgehead atoms. The standard InChI is InChI=1S/C15H19N3OS/c1-11-6-5-7-12(10-11)13(19-15(20)17(2)3)14-16-8-9-18(14)4/h5-10,13H,1-4H3. The SMILES string of the molecule is Cc1cccc(C(OC(=S)N(C)C)c2nccn2C)c1. The van der Waals surface area contributed by atoms with Crippen LogP contribution in [0.3, 0.4) is 0 Å². The largest absolute Gasteiger partial charge is 0.454 e. The number of ether oxygens (including phenoxy) is 1. The van der Waals surface area contributed by atoms with E-state index in [4.69, 9.17) is 17.0 Å². The first-order valence-corrected chi connectivity index (χ1v) is 6.81. The predicted molar refractivity (Wildman–Crippen MR) is 83.6 cm³/mol. The van der Waals surface area contributed by atoms with Gasteiger partial charge in [0.1, 0.15) is 0 Å². The highest BCUT2D eigenvalue weighted by Gasteiger charge is 2.22. The van der Waals surface area contributed by atoms with E-state index in [1.165, 1.54) is 5.56 Å². The van der Waals surface area contributed by atoms with Crippen LogP contribution < -0.4 is 0 Å². The van der Waals surface area contributed by atoms with E-state index in [9.17, 15) is 0 Å². The molecule has 1 aromatic heterocycles. The van der Waals surface area contributed by atoms with E-state index in [2.05, 4.69) is 24.0 Å². The van der Waals surface area contributed by atoms with Crippen LogP contribution in [-0.2, 0) is 11.8 Å². The van der Waals surface area contributed by atoms with Crippen LogP contribution in [0, 0.1) is 6.92 Å². The second-order valence-electron chi connectivity index (χ2n) is 4.97. The van der Waals surface area contributed by atoms with Crippen molar-refractivity contribution in [1.29, 1.82) is 0 Å². The number of thiocarbonyl (C=S) groups is 1. The van der Waals surface area contributed by atoms with Crippen LogP contribution in [0.25, 0.3) is 0 Å². The van der Waals surface area contributed by atoms with Gasteiger partial charge in [0.2, 0.25) is 0 Å². The Hall–Kier alpha value is -1.88. The summed E-state index contributed by atoms with van der Waals surface area (Å²) >= 11 is 5.27. The number of aryl methyl sites for hydroxylation is 2. The molecule has 0 aliphatic carbocycles. The van der Waals surface area contributed by atoms with Gasteiger partial charge < -0.3 is 14.2 Å². The van der Waals surface area contributed by atoms with Gasteiger partial charge in [-0.25, -0.2) is 4.98 Å². The molecule has 0 saturated carbocycles. The molecule has 0 amide bonds. The summed E-state index contributed by atoms with van der Waals surface area (Å²) in [6.45, 7) is 2.06. The summed E-state index contributed by atoms with van der Waals surface area (Å²) < 4.78 is 7.90. The minimum atomic E-state index is -0.301. The quantitative estimate of drug-likeness (QED) is 0.813. The van der Waals surface area contributed by atoms with Crippen molar-refractivity contribution in [2.24, 2.45) is 7.05 Å². The lowest BCUT2D eigenvalue weighted by molar-refractivity contribution is 0.195. The molecule has 1 aromatic carbocycles. The Labute approximate surface area is 125 Å². The van der Waals surface area contributed by atoms with Crippen molar-refractivity contribution < 1.29 is 4.74 Å². The third-order valence-electron chi connectivity index (χ3n) is 3.02. The van der Waals surface area contributed by atoms with Gasteiger partial charge in [-0.2, -0.15) is 0 Å². The molecule has 0 aliphatic rings. The fraction of sp³-hybridized carbons (Fsp3) is 0.333. The molecule has 0 aliphatic heterocycles. The fourth-order valence-electron chi connectivity index (χ4n) is 1.94. The van der Waals surface area contributed by atoms with Crippen LogP contribution in [0.15, 0.2) is 36.7 Å². The number of imidazole rings is 1. The van der Waals surface area contributed by atoms with E-state index in [-0.39, 0.29) is 6.10 Å². The third-order valence-corrected chi connectivity index (χ3v) is 3.48. The summed E-state index contributed by atoms with van der Waals surface area (Å²) in [5, 5.41) is 0.444. The fourth-order valence-corrected chi connectivity index (χ4v) is 2.04. The number of rotatable bonds is 3. The van der Waals surface area contributed by atoms with E-state index in [0.717, 1.165) is 11.4 Å². The number of aromatic nitrogens is 2. The maximum absolute atomic E-state index is 5.95. The van der Waals surface area contributed by atoms with E-state index in [1.54, 1.807) is 11.1 Å². The van der Waals surface area contributed by atoms with Gasteiger partial charge in [0.15, 0.2) is 11.9 Å². The second-order valence-corrected chi connectivity index (χ2v) is 5.32. The molecule has 20 heavy (non-hydrogen) atoms. The first-order valence-electron chi connectivity index (χ1n) is 6.40. The highest BCUT2D eigenvalue weighted by molar-refractivity contribution is 7.80. The van der Waals surface area contributed by atoms with Crippen LogP contribution in [-0.4, -0.2) is 33.7 Å². The zero-order valence-electron chi connectivity index (χ0n) is 12.2. The van der Waals surface area contributed by atoms with Crippen molar-refractivity contribution in [3.05, 3.63) is 53.6 Å². The molecular formula is C15H19N3OS. The average Bonchev–Trinajstić information content (AvgIpc) is 2.81. The normalized spacial score (nSPS) is 12.0. The minimum Gasteiger partial charge on any atom is -0.454 e. The highest BCUT2D eigenvalue weighted by atomic mass is 32.1. The van der Waals surface area contributed by atoms with Crippen molar-refractivity contribution in [3.8, 4) is 0 Å². The molecule has 0 radical (unpaired) electrons. The molecule has 0 N–H and O–H groups in total. The van der Waals surface area contributed by atoms with E-state index < -0.39 is 0 Å². The van der Waals surface area contributed by atoms with Gasteiger partial charge in [0.25, 0.3) is 5.17 Å². The number of hydrogen-bond acceptors (Lipinski definition) is 3. The van der Waals surface area contributed by atoms with E-state index in [0.29, 0.717) is 5.17 Å². The Bertz CT molecular complexity index is 607. The first-order chi connectivity index (χ1) is 9.49. The maximum Gasteiger partial charge on any atom is 0.259 e. The van der Waals surface area contributed by atoms with Crippen LogP contribution in [0.1, 0.15) is 23.1 Å². The molecule has 5 heteroatoms. The van der Waals surface area contributed by atoms with Crippen molar-refractivity contribution in [1.82, 2.24) is 14.5 Å². The Morgan fingerprint density at radius 1 is 1.40 bits per heavy atom. The topological polar surface area (TPSA) is 30.3 Å². The Morgan fingerprint density at radius 3 is 2.70 bits per heavy atom. The summed E-state index contributed by atoms with van der Waals surface area (Å²) in [4.78, 5) is 6.17. The lowest BCUT2D eigenvalue weighted by Gasteiger charge is -2.23. The summed E-state index contributed by atoms with van der Waals surface area (Å²) in [5.41, 5.74) is 2.23. The van der Waals surface area contributed by atoms with Crippen molar-refractivity contribution >= 4 is 17.4 Å². The zero-order chi connectivity index (χ0) is 14.7. The van der Waals surface area contributed by atoms with Crippen LogP contribution >= 0.6 is 12.2 Å². The molecule has 1 unspecified atom stereocenters. The molecule has 1 heterocycles. The molecule has 1 atom stereocenters. The van der Waals surface area contributed by atoms with Gasteiger partial charge in [0, 0.05) is 39.1 Å². The van der Waals surface area contributed by atoms with Gasteiger partial charge in [-0.15, -0.1) is 0 Å². The van der Waals surface area contributed by atoms with Crippen molar-refractivity contribution in [2.45, 2.75) is 13.0 Å². The zero-order valence-corrected chi connectivity index (χ0v) is 13.0. The minimum absolute atomic E-state index is 0.301. The lowest BCUT2D eigenvalue weighted by atomic mass is 10.1. The molecule has 4 nitrogen and oxygen atoms in total. The highest BCUT2D eigenvalue weighted by Crippen LogP contribution is 2.25. The van der Waals surface area contributed by atoms with Crippen molar-refractivity contribution in [2.75, 3.05) is 14.1 Å². The molecule has 0 spiro atoms. The van der Waals surface area contributed by atoms with Crippen molar-refractivity contribution in [3.63, 3.8) is 0 Å². The first kappa shape index (κ1) is 14.5. The maximum atomic E-state index is 5.95. The van der Waals surface area contributed by atoms with Gasteiger partial charge in [0.05, 0.1) is 0 Å². The van der Waals surface area contributed by atoms with Crippen LogP contribution in [0.4, 0.5) is 0 Å². The predicted octanol–water partition coefficient (Wildman–Crippen LogP) is 2.68. The summed E-state index contributed by atoms with van der Waals surface area (Å²) in [7, 11) is 5.69. The molecule has 2 aromatic rings. The Kier molecular flexibility index (Phi) is 4.39. The Morgan fingerprint density at radius 2 is 2.15 bits per heavy atom. The van der Waals surface area contributed by atoms with Crippen LogP contribution in [0.2, 0.25) is 0 Å². The Balaban J connectivity index is 2.39. The molecule has 0 saturated heterocycles. The third kappa shape index (κ3) is 3.17. The van der Waals surface area contributed by atoms with Gasteiger partial charge in [-0.3, -0.25) is 0 Å². The average molecular weight is 289 g/mol. The van der Waals surface area contributed by atoms with Gasteiger partial charge >= 0.3 is 0 Å². The van der Waals surface area contributed by atoms with Gasteiger partial charge in [-0.05, 0) is 19.1 Å². The molecule has 0 fully saturated rings. The number of benzene rings is 1. The van der Waals surface area contributed by atoms with E-state index in [1.807, 2.05) is 44.0 Å². The second kappa shape index (κ2) is 6.05. The van der Waals surface area contributed by atoms with Gasteiger partial charge in [-0.1, -0.05) is 29.8 Å². The van der Waals surface area contributed by atoms with E-state index >= 15 is 0 Å². The monoisotopic (exact) mass is 289 g/mol. The summed E-state index contributed by atoms with van der Waals surface area (Å²) in [5.74, 6) is 0.833. The van der Waals surface area contributed by atoms with Crippen LogP contribution in [0.5, 0.6) is 0 Å². The lowest BCUT2D eigenvalue weighted by Crippen LogP contribution is -2.26. The number of nitrogens with zero attached hydrogens (tertiary/aromatic N) is 3. The molecule has 2 rings (SSSR count). The summed E-state index contributed by atoms with van der Waals surface area (Å²) in [6.07, 6.45) is 3.37. The smallest absolute Gasteiger partial charge is 0.259 e. The summed E-state index contributed by atoms with van der Waals surface area (Å²) in [6, 6.07) is 8.20. The molecular weight excluding hydrogens is 270 g/mol.